The Kier molecular flexibility index (Phi) is 4.64. The van der Waals surface area contributed by atoms with Crippen LogP contribution < -0.4 is 10.2 Å². The van der Waals surface area contributed by atoms with Crippen molar-refractivity contribution in [1.82, 2.24) is 10.2 Å². The van der Waals surface area contributed by atoms with Gasteiger partial charge in [-0.2, -0.15) is 0 Å². The lowest BCUT2D eigenvalue weighted by Crippen LogP contribution is -2.46. The van der Waals surface area contributed by atoms with Crippen molar-refractivity contribution >= 4 is 21.6 Å². The zero-order chi connectivity index (χ0) is 13.9. The van der Waals surface area contributed by atoms with Crippen molar-refractivity contribution in [2.45, 2.75) is 32.4 Å². The number of hydrogen-bond acceptors (Lipinski definition) is 3. The molecule has 1 aliphatic heterocycles. The van der Waals surface area contributed by atoms with Crippen LogP contribution in [0.1, 0.15) is 25.3 Å². The second-order valence-electron chi connectivity index (χ2n) is 5.85. The van der Waals surface area contributed by atoms with Gasteiger partial charge in [-0.3, -0.25) is 0 Å². The van der Waals surface area contributed by atoms with Gasteiger partial charge in [0.05, 0.1) is 0 Å². The number of nitrogens with zero attached hydrogens (tertiary/aromatic N) is 2. The zero-order valence-corrected chi connectivity index (χ0v) is 13.8. The molecule has 2 aliphatic rings. The second-order valence-corrected chi connectivity index (χ2v) is 6.77. The summed E-state index contributed by atoms with van der Waals surface area (Å²) in [5.74, 6) is 0. The van der Waals surface area contributed by atoms with Crippen molar-refractivity contribution in [2.75, 3.05) is 37.6 Å². The molecule has 0 unspecified atom stereocenters. The van der Waals surface area contributed by atoms with Gasteiger partial charge in [0.15, 0.2) is 0 Å². The molecule has 0 spiro atoms. The molecule has 110 valence electrons. The first-order valence-corrected chi connectivity index (χ1v) is 8.54. The van der Waals surface area contributed by atoms with E-state index in [4.69, 9.17) is 0 Å². The van der Waals surface area contributed by atoms with Gasteiger partial charge in [0.25, 0.3) is 0 Å². The third kappa shape index (κ3) is 3.54. The lowest BCUT2D eigenvalue weighted by Gasteiger charge is -2.36. The molecule has 1 aliphatic carbocycles. The number of piperazine rings is 1. The molecule has 0 bridgehead atoms. The highest BCUT2D eigenvalue weighted by Crippen LogP contribution is 2.27. The lowest BCUT2D eigenvalue weighted by atomic mass is 10.1. The maximum absolute atomic E-state index is 3.64. The number of anilines is 1. The van der Waals surface area contributed by atoms with Crippen LogP contribution in [0, 0.1) is 0 Å². The van der Waals surface area contributed by atoms with Gasteiger partial charge in [-0.1, -0.05) is 22.9 Å². The number of benzene rings is 1. The molecule has 0 atom stereocenters. The Morgan fingerprint density at radius 1 is 1.20 bits per heavy atom. The Labute approximate surface area is 130 Å². The summed E-state index contributed by atoms with van der Waals surface area (Å²) in [7, 11) is 0. The topological polar surface area (TPSA) is 18.5 Å². The van der Waals surface area contributed by atoms with Crippen LogP contribution in [0.25, 0.3) is 0 Å². The van der Waals surface area contributed by atoms with E-state index >= 15 is 0 Å². The number of halogens is 1. The minimum Gasteiger partial charge on any atom is -0.369 e. The van der Waals surface area contributed by atoms with Gasteiger partial charge in [0.2, 0.25) is 0 Å². The summed E-state index contributed by atoms with van der Waals surface area (Å²) in [5, 5.41) is 3.64. The van der Waals surface area contributed by atoms with Crippen LogP contribution in [0.2, 0.25) is 0 Å². The SMILES string of the molecule is CCN1CCN(c2ccc(Br)cc2CNC2CC2)CC1. The van der Waals surface area contributed by atoms with E-state index in [9.17, 15) is 0 Å². The molecule has 1 saturated heterocycles. The molecular formula is C16H24BrN3. The normalized spacial score (nSPS) is 20.4. The summed E-state index contributed by atoms with van der Waals surface area (Å²) in [6.07, 6.45) is 2.69. The summed E-state index contributed by atoms with van der Waals surface area (Å²) in [4.78, 5) is 5.07. The first-order chi connectivity index (χ1) is 9.76. The average molecular weight is 338 g/mol. The van der Waals surface area contributed by atoms with Gasteiger partial charge in [0, 0.05) is 48.9 Å². The predicted molar refractivity (Wildman–Crippen MR) is 88.3 cm³/mol. The van der Waals surface area contributed by atoms with Gasteiger partial charge in [-0.15, -0.1) is 0 Å². The van der Waals surface area contributed by atoms with E-state index in [0.29, 0.717) is 0 Å². The summed E-state index contributed by atoms with van der Waals surface area (Å²) < 4.78 is 1.18. The molecule has 1 aromatic rings. The molecule has 0 amide bonds. The lowest BCUT2D eigenvalue weighted by molar-refractivity contribution is 0.271. The van der Waals surface area contributed by atoms with Crippen LogP contribution in [0.3, 0.4) is 0 Å². The fourth-order valence-electron chi connectivity index (χ4n) is 2.85. The number of likely N-dealkylation sites (N-methyl/N-ethyl adjacent to an activating group) is 1. The number of hydrogen-bond donors (Lipinski definition) is 1. The maximum atomic E-state index is 3.64. The molecule has 1 N–H and O–H groups in total. The minimum absolute atomic E-state index is 0.763. The third-order valence-corrected chi connectivity index (χ3v) is 4.85. The van der Waals surface area contributed by atoms with Crippen LogP contribution in [-0.4, -0.2) is 43.7 Å². The molecule has 3 nitrogen and oxygen atoms in total. The Hall–Kier alpha value is -0.580. The summed E-state index contributed by atoms with van der Waals surface area (Å²) in [6.45, 7) is 9.07. The molecule has 0 aromatic heterocycles. The highest BCUT2D eigenvalue weighted by molar-refractivity contribution is 9.10. The van der Waals surface area contributed by atoms with E-state index in [1.165, 1.54) is 48.2 Å². The number of nitrogens with one attached hydrogen (secondary N) is 1. The van der Waals surface area contributed by atoms with E-state index < -0.39 is 0 Å². The van der Waals surface area contributed by atoms with E-state index in [-0.39, 0.29) is 0 Å². The fourth-order valence-corrected chi connectivity index (χ4v) is 3.26. The molecule has 3 rings (SSSR count). The van der Waals surface area contributed by atoms with Crippen molar-refractivity contribution in [3.8, 4) is 0 Å². The van der Waals surface area contributed by atoms with Crippen molar-refractivity contribution in [2.24, 2.45) is 0 Å². The van der Waals surface area contributed by atoms with Crippen LogP contribution in [0.15, 0.2) is 22.7 Å². The van der Waals surface area contributed by atoms with Crippen molar-refractivity contribution in [3.63, 3.8) is 0 Å². The average Bonchev–Trinajstić information content (AvgIpc) is 3.30. The molecule has 1 aromatic carbocycles. The first-order valence-electron chi connectivity index (χ1n) is 7.75. The maximum Gasteiger partial charge on any atom is 0.0413 e. The van der Waals surface area contributed by atoms with E-state index in [2.05, 4.69) is 56.2 Å². The van der Waals surface area contributed by atoms with Crippen molar-refractivity contribution in [3.05, 3.63) is 28.2 Å². The minimum atomic E-state index is 0.763. The predicted octanol–water partition coefficient (Wildman–Crippen LogP) is 2.84. The second kappa shape index (κ2) is 6.46. The molecule has 1 heterocycles. The third-order valence-electron chi connectivity index (χ3n) is 4.36. The highest BCUT2D eigenvalue weighted by atomic mass is 79.9. The Morgan fingerprint density at radius 2 is 1.95 bits per heavy atom. The van der Waals surface area contributed by atoms with E-state index in [1.54, 1.807) is 0 Å². The molecule has 1 saturated carbocycles. The van der Waals surface area contributed by atoms with Crippen molar-refractivity contribution in [1.29, 1.82) is 0 Å². The summed E-state index contributed by atoms with van der Waals surface area (Å²) >= 11 is 3.61. The molecule has 2 fully saturated rings. The summed E-state index contributed by atoms with van der Waals surface area (Å²) in [6, 6.07) is 7.48. The molecule has 0 radical (unpaired) electrons. The zero-order valence-electron chi connectivity index (χ0n) is 12.2. The molecule has 20 heavy (non-hydrogen) atoms. The summed E-state index contributed by atoms with van der Waals surface area (Å²) in [5.41, 5.74) is 2.84. The van der Waals surface area contributed by atoms with Gasteiger partial charge in [-0.05, 0) is 43.1 Å². The Balaban J connectivity index is 1.70. The van der Waals surface area contributed by atoms with E-state index in [0.717, 1.165) is 25.7 Å². The van der Waals surface area contributed by atoms with Gasteiger partial charge >= 0.3 is 0 Å². The monoisotopic (exact) mass is 337 g/mol. The molecular weight excluding hydrogens is 314 g/mol. The van der Waals surface area contributed by atoms with Crippen LogP contribution in [0.5, 0.6) is 0 Å². The Bertz CT molecular complexity index is 451. The van der Waals surface area contributed by atoms with Crippen LogP contribution >= 0.6 is 15.9 Å². The van der Waals surface area contributed by atoms with Crippen LogP contribution in [-0.2, 0) is 6.54 Å². The van der Waals surface area contributed by atoms with Gasteiger partial charge < -0.3 is 15.1 Å². The smallest absolute Gasteiger partial charge is 0.0413 e. The standard InChI is InChI=1S/C16H24BrN3/c1-2-19-7-9-20(10-8-19)16-6-3-14(17)11-13(16)12-18-15-4-5-15/h3,6,11,15,18H,2,4-5,7-10,12H2,1H3. The fraction of sp³-hybridized carbons (Fsp3) is 0.625. The largest absolute Gasteiger partial charge is 0.369 e. The molecule has 4 heteroatoms. The van der Waals surface area contributed by atoms with Crippen LogP contribution in [0.4, 0.5) is 5.69 Å². The Morgan fingerprint density at radius 3 is 2.60 bits per heavy atom. The van der Waals surface area contributed by atoms with Gasteiger partial charge in [-0.25, -0.2) is 0 Å². The number of rotatable bonds is 5. The van der Waals surface area contributed by atoms with Crippen molar-refractivity contribution < 1.29 is 0 Å². The quantitative estimate of drug-likeness (QED) is 0.891. The van der Waals surface area contributed by atoms with Gasteiger partial charge in [0.1, 0.15) is 0 Å². The highest BCUT2D eigenvalue weighted by Gasteiger charge is 2.22. The first kappa shape index (κ1) is 14.4. The van der Waals surface area contributed by atoms with E-state index in [1.807, 2.05) is 0 Å².